The number of nitrogens with two attached hydrogens (primary N) is 1. The number of benzene rings is 2. The molecule has 0 aliphatic heterocycles. The highest BCUT2D eigenvalue weighted by molar-refractivity contribution is 5.92. The van der Waals surface area contributed by atoms with Crippen molar-refractivity contribution in [3.63, 3.8) is 0 Å². The van der Waals surface area contributed by atoms with Crippen molar-refractivity contribution in [2.75, 3.05) is 10.2 Å². The Morgan fingerprint density at radius 1 is 1.09 bits per heavy atom. The zero-order valence-electron chi connectivity index (χ0n) is 12.8. The maximum atomic E-state index is 11.6. The fraction of sp³-hybridized carbons (Fsp3) is 0.176. The van der Waals surface area contributed by atoms with Crippen LogP contribution in [-0.4, -0.2) is 23.1 Å². The zero-order valence-corrected chi connectivity index (χ0v) is 12.8. The summed E-state index contributed by atoms with van der Waals surface area (Å²) in [6.45, 7) is 1.65. The maximum Gasteiger partial charge on any atom is 0.319 e. The highest BCUT2D eigenvalue weighted by Gasteiger charge is 2.21. The van der Waals surface area contributed by atoms with Gasteiger partial charge in [-0.05, 0) is 43.3 Å². The number of hydrogen-bond acceptors (Lipinski definition) is 3. The van der Waals surface area contributed by atoms with E-state index < -0.39 is 18.0 Å². The Kier molecular flexibility index (Phi) is 5.19. The fourth-order valence-electron chi connectivity index (χ4n) is 2.34. The number of amides is 2. The van der Waals surface area contributed by atoms with Crippen LogP contribution in [-0.2, 0) is 4.79 Å². The quantitative estimate of drug-likeness (QED) is 0.763. The van der Waals surface area contributed by atoms with Crippen LogP contribution in [0.3, 0.4) is 0 Å². The van der Waals surface area contributed by atoms with Crippen molar-refractivity contribution < 1.29 is 14.7 Å². The number of nitrogens with zero attached hydrogens (tertiary/aromatic N) is 1. The Morgan fingerprint density at radius 3 is 2.17 bits per heavy atom. The second kappa shape index (κ2) is 7.31. The van der Waals surface area contributed by atoms with Gasteiger partial charge in [0.25, 0.3) is 0 Å². The maximum absolute atomic E-state index is 11.6. The first-order valence-electron chi connectivity index (χ1n) is 7.20. The van der Waals surface area contributed by atoms with Crippen LogP contribution >= 0.6 is 0 Å². The molecule has 0 heterocycles. The second-order valence-electron chi connectivity index (χ2n) is 5.19. The monoisotopic (exact) mass is 313 g/mol. The van der Waals surface area contributed by atoms with Crippen molar-refractivity contribution in [1.82, 2.24) is 0 Å². The normalized spacial score (nSPS) is 11.5. The van der Waals surface area contributed by atoms with Gasteiger partial charge >= 0.3 is 12.0 Å². The number of urea groups is 1. The molecule has 2 rings (SSSR count). The van der Waals surface area contributed by atoms with Gasteiger partial charge in [-0.25, -0.2) is 4.79 Å². The van der Waals surface area contributed by atoms with E-state index in [9.17, 15) is 9.59 Å². The Morgan fingerprint density at radius 2 is 1.65 bits per heavy atom. The molecule has 4 N–H and O–H groups in total. The fourth-order valence-corrected chi connectivity index (χ4v) is 2.34. The van der Waals surface area contributed by atoms with Crippen molar-refractivity contribution in [2.45, 2.75) is 19.4 Å². The van der Waals surface area contributed by atoms with Crippen LogP contribution in [0, 0.1) is 0 Å². The summed E-state index contributed by atoms with van der Waals surface area (Å²) in [6.07, 6.45) is -0.174. The minimum Gasteiger partial charge on any atom is -0.481 e. The molecular formula is C17H19N3O3. The highest BCUT2D eigenvalue weighted by atomic mass is 16.4. The molecule has 2 aromatic carbocycles. The predicted octanol–water partition coefficient (Wildman–Crippen LogP) is 3.18. The van der Waals surface area contributed by atoms with Crippen molar-refractivity contribution in [3.05, 3.63) is 54.6 Å². The first kappa shape index (κ1) is 16.4. The summed E-state index contributed by atoms with van der Waals surface area (Å²) in [4.78, 5) is 23.8. The van der Waals surface area contributed by atoms with E-state index in [0.717, 1.165) is 11.4 Å². The average molecular weight is 313 g/mol. The van der Waals surface area contributed by atoms with Crippen LogP contribution in [0.1, 0.15) is 13.3 Å². The SMILES string of the molecule is C[C@H](CC(=O)O)N(C(N)=O)c1ccc(Nc2ccccc2)cc1. The molecule has 0 fully saturated rings. The lowest BCUT2D eigenvalue weighted by atomic mass is 10.1. The molecule has 120 valence electrons. The zero-order chi connectivity index (χ0) is 16.8. The molecule has 0 unspecified atom stereocenters. The highest BCUT2D eigenvalue weighted by Crippen LogP contribution is 2.23. The number of carbonyl (C=O) groups is 2. The van der Waals surface area contributed by atoms with Crippen molar-refractivity contribution >= 4 is 29.1 Å². The molecule has 0 spiro atoms. The van der Waals surface area contributed by atoms with Crippen LogP contribution in [0.4, 0.5) is 21.9 Å². The van der Waals surface area contributed by atoms with Crippen LogP contribution in [0.2, 0.25) is 0 Å². The van der Waals surface area contributed by atoms with E-state index >= 15 is 0 Å². The van der Waals surface area contributed by atoms with Gasteiger partial charge in [0.05, 0.1) is 6.42 Å². The number of para-hydroxylation sites is 1. The molecule has 0 aromatic heterocycles. The van der Waals surface area contributed by atoms with Gasteiger partial charge in [-0.3, -0.25) is 9.69 Å². The lowest BCUT2D eigenvalue weighted by Crippen LogP contribution is -2.43. The van der Waals surface area contributed by atoms with E-state index in [1.165, 1.54) is 4.90 Å². The third-order valence-electron chi connectivity index (χ3n) is 3.36. The summed E-state index contributed by atoms with van der Waals surface area (Å²) in [6, 6.07) is 15.6. The molecule has 0 saturated heterocycles. The number of carboxylic acid groups (broad SMARTS) is 1. The molecule has 0 radical (unpaired) electrons. The van der Waals surface area contributed by atoms with Crippen LogP contribution < -0.4 is 16.0 Å². The Hall–Kier alpha value is -3.02. The number of nitrogens with one attached hydrogen (secondary N) is 1. The van der Waals surface area contributed by atoms with E-state index in [-0.39, 0.29) is 6.42 Å². The van der Waals surface area contributed by atoms with Crippen LogP contribution in [0.5, 0.6) is 0 Å². The summed E-state index contributed by atoms with van der Waals surface area (Å²) in [5.74, 6) is -0.980. The third-order valence-corrected chi connectivity index (χ3v) is 3.36. The Labute approximate surface area is 134 Å². The van der Waals surface area contributed by atoms with Gasteiger partial charge in [-0.1, -0.05) is 18.2 Å². The number of carbonyl (C=O) groups excluding carboxylic acids is 1. The number of primary amides is 1. The topological polar surface area (TPSA) is 95.7 Å². The Balaban J connectivity index is 2.15. The van der Waals surface area contributed by atoms with Gasteiger partial charge in [0.15, 0.2) is 0 Å². The van der Waals surface area contributed by atoms with E-state index in [0.29, 0.717) is 5.69 Å². The summed E-state index contributed by atoms with van der Waals surface area (Å²) >= 11 is 0. The van der Waals surface area contributed by atoms with Gasteiger partial charge in [0.2, 0.25) is 0 Å². The molecule has 2 amide bonds. The summed E-state index contributed by atoms with van der Waals surface area (Å²) in [5.41, 5.74) is 7.75. The van der Waals surface area contributed by atoms with Gasteiger partial charge in [-0.2, -0.15) is 0 Å². The summed E-state index contributed by atoms with van der Waals surface area (Å²) in [7, 11) is 0. The van der Waals surface area contributed by atoms with Crippen LogP contribution in [0.25, 0.3) is 0 Å². The lowest BCUT2D eigenvalue weighted by Gasteiger charge is -2.26. The molecule has 0 bridgehead atoms. The van der Waals surface area contributed by atoms with Crippen LogP contribution in [0.15, 0.2) is 54.6 Å². The average Bonchev–Trinajstić information content (AvgIpc) is 2.49. The molecule has 1 atom stereocenters. The largest absolute Gasteiger partial charge is 0.481 e. The van der Waals surface area contributed by atoms with Gasteiger partial charge in [0.1, 0.15) is 0 Å². The predicted molar refractivity (Wildman–Crippen MR) is 89.9 cm³/mol. The molecular weight excluding hydrogens is 294 g/mol. The van der Waals surface area contributed by atoms with Crippen molar-refractivity contribution in [2.24, 2.45) is 5.73 Å². The van der Waals surface area contributed by atoms with E-state index in [4.69, 9.17) is 10.8 Å². The third kappa shape index (κ3) is 4.47. The van der Waals surface area contributed by atoms with Crippen molar-refractivity contribution in [1.29, 1.82) is 0 Å². The summed E-state index contributed by atoms with van der Waals surface area (Å²) in [5, 5.41) is 12.1. The first-order chi connectivity index (χ1) is 11.0. The minimum absolute atomic E-state index is 0.174. The Bertz CT molecular complexity index is 671. The van der Waals surface area contributed by atoms with Gasteiger partial charge < -0.3 is 16.2 Å². The molecule has 6 heteroatoms. The van der Waals surface area contributed by atoms with Gasteiger partial charge in [-0.15, -0.1) is 0 Å². The number of rotatable bonds is 6. The van der Waals surface area contributed by atoms with Crippen molar-refractivity contribution in [3.8, 4) is 0 Å². The number of hydrogen-bond donors (Lipinski definition) is 3. The second-order valence-corrected chi connectivity index (χ2v) is 5.19. The number of aliphatic carboxylic acids is 1. The lowest BCUT2D eigenvalue weighted by molar-refractivity contribution is -0.137. The smallest absolute Gasteiger partial charge is 0.319 e. The molecule has 0 saturated carbocycles. The molecule has 2 aromatic rings. The summed E-state index contributed by atoms with van der Waals surface area (Å²) < 4.78 is 0. The van der Waals surface area contributed by atoms with E-state index in [1.54, 1.807) is 19.1 Å². The molecule has 23 heavy (non-hydrogen) atoms. The molecule has 6 nitrogen and oxygen atoms in total. The minimum atomic E-state index is -0.980. The van der Waals surface area contributed by atoms with E-state index in [2.05, 4.69) is 5.32 Å². The standard InChI is InChI=1S/C17H19N3O3/c1-12(11-16(21)22)20(17(18)23)15-9-7-14(8-10-15)19-13-5-3-2-4-6-13/h2-10,12,19H,11H2,1H3,(H2,18,23)(H,21,22)/t12-/m1/s1. The molecule has 0 aliphatic carbocycles. The van der Waals surface area contributed by atoms with E-state index in [1.807, 2.05) is 42.5 Å². The first-order valence-corrected chi connectivity index (χ1v) is 7.20. The van der Waals surface area contributed by atoms with Gasteiger partial charge in [0, 0.05) is 23.1 Å². The number of carboxylic acids is 1. The molecule has 0 aliphatic rings. The number of anilines is 3.